The lowest BCUT2D eigenvalue weighted by molar-refractivity contribution is 0.661. The van der Waals surface area contributed by atoms with Gasteiger partial charge in [0, 0.05) is 31.4 Å². The monoisotopic (exact) mass is 299 g/mol. The molecule has 0 aliphatic rings. The van der Waals surface area contributed by atoms with Gasteiger partial charge in [0.25, 0.3) is 0 Å². The Morgan fingerprint density at radius 2 is 1.71 bits per heavy atom. The molecule has 0 unspecified atom stereocenters. The summed E-state index contributed by atoms with van der Waals surface area (Å²) < 4.78 is 1.93. The topological polar surface area (TPSA) is 29.9 Å². The first-order chi connectivity index (χ1) is 10.3. The number of benzene rings is 2. The van der Waals surface area contributed by atoms with Crippen LogP contribution in [-0.2, 0) is 26.0 Å². The highest BCUT2D eigenvalue weighted by molar-refractivity contribution is 6.17. The molecule has 0 fully saturated rings. The molecule has 0 spiro atoms. The lowest BCUT2D eigenvalue weighted by Gasteiger charge is -2.04. The third-order valence-corrected chi connectivity index (χ3v) is 3.94. The maximum absolute atomic E-state index is 5.80. The number of rotatable bonds is 5. The third kappa shape index (κ3) is 3.09. The number of nitrogens with zero attached hydrogens (tertiary/aromatic N) is 2. The number of nitrogens with one attached hydrogen (secondary N) is 1. The Morgan fingerprint density at radius 3 is 2.48 bits per heavy atom. The van der Waals surface area contributed by atoms with E-state index < -0.39 is 0 Å². The van der Waals surface area contributed by atoms with Crippen LogP contribution in [0.4, 0.5) is 0 Å². The van der Waals surface area contributed by atoms with E-state index in [9.17, 15) is 0 Å². The SMILES string of the molecule is Cn1nc(CNCc2ccc(CCl)cc2)c2ccccc21. The van der Waals surface area contributed by atoms with Gasteiger partial charge in [0.2, 0.25) is 0 Å². The highest BCUT2D eigenvalue weighted by Crippen LogP contribution is 2.17. The Morgan fingerprint density at radius 1 is 1.00 bits per heavy atom. The Kier molecular flexibility index (Phi) is 4.23. The molecule has 0 bridgehead atoms. The lowest BCUT2D eigenvalue weighted by Crippen LogP contribution is -2.13. The molecule has 0 saturated heterocycles. The summed E-state index contributed by atoms with van der Waals surface area (Å²) in [6.45, 7) is 1.59. The van der Waals surface area contributed by atoms with Crippen LogP contribution in [0.3, 0.4) is 0 Å². The molecule has 0 atom stereocenters. The molecule has 1 heterocycles. The molecule has 3 rings (SSSR count). The minimum atomic E-state index is 0.563. The summed E-state index contributed by atoms with van der Waals surface area (Å²) in [5, 5.41) is 9.25. The standard InChI is InChI=1S/C17H18ClN3/c1-21-17-5-3-2-4-15(17)16(20-21)12-19-11-14-8-6-13(10-18)7-9-14/h2-9,19H,10-12H2,1H3. The van der Waals surface area contributed by atoms with E-state index in [2.05, 4.69) is 52.9 Å². The predicted molar refractivity (Wildman–Crippen MR) is 87.3 cm³/mol. The first-order valence-corrected chi connectivity index (χ1v) is 7.56. The van der Waals surface area contributed by atoms with Crippen molar-refractivity contribution >= 4 is 22.5 Å². The van der Waals surface area contributed by atoms with Gasteiger partial charge >= 0.3 is 0 Å². The summed E-state index contributed by atoms with van der Waals surface area (Å²) in [7, 11) is 1.98. The minimum Gasteiger partial charge on any atom is -0.307 e. The van der Waals surface area contributed by atoms with Crippen molar-refractivity contribution in [3.05, 3.63) is 65.4 Å². The summed E-state index contributed by atoms with van der Waals surface area (Å²) >= 11 is 5.80. The maximum atomic E-state index is 5.80. The molecule has 0 saturated carbocycles. The van der Waals surface area contributed by atoms with Crippen molar-refractivity contribution in [3.63, 3.8) is 0 Å². The number of fused-ring (bicyclic) bond motifs is 1. The van der Waals surface area contributed by atoms with E-state index in [-0.39, 0.29) is 0 Å². The molecule has 108 valence electrons. The fourth-order valence-corrected chi connectivity index (χ4v) is 2.67. The van der Waals surface area contributed by atoms with Crippen LogP contribution < -0.4 is 5.32 Å². The van der Waals surface area contributed by atoms with Crippen molar-refractivity contribution in [2.24, 2.45) is 7.05 Å². The van der Waals surface area contributed by atoms with E-state index in [0.717, 1.165) is 24.3 Å². The fourth-order valence-electron chi connectivity index (χ4n) is 2.49. The van der Waals surface area contributed by atoms with E-state index in [1.807, 2.05) is 17.8 Å². The van der Waals surface area contributed by atoms with Gasteiger partial charge in [-0.3, -0.25) is 4.68 Å². The molecule has 0 radical (unpaired) electrons. The van der Waals surface area contributed by atoms with E-state index in [1.165, 1.54) is 16.5 Å². The first-order valence-electron chi connectivity index (χ1n) is 7.03. The summed E-state index contributed by atoms with van der Waals surface area (Å²) in [5.41, 5.74) is 4.66. The van der Waals surface area contributed by atoms with Crippen molar-refractivity contribution in [1.82, 2.24) is 15.1 Å². The summed E-state index contributed by atoms with van der Waals surface area (Å²) in [4.78, 5) is 0. The van der Waals surface area contributed by atoms with Gasteiger partial charge in [-0.2, -0.15) is 5.10 Å². The third-order valence-electron chi connectivity index (χ3n) is 3.63. The van der Waals surface area contributed by atoms with Crippen LogP contribution in [0, 0.1) is 0 Å². The number of halogens is 1. The molecule has 0 amide bonds. The molecule has 21 heavy (non-hydrogen) atoms. The summed E-state index contributed by atoms with van der Waals surface area (Å²) in [5.74, 6) is 0.563. The highest BCUT2D eigenvalue weighted by atomic mass is 35.5. The van der Waals surface area contributed by atoms with Crippen molar-refractivity contribution in [2.75, 3.05) is 0 Å². The Bertz CT molecular complexity index is 731. The van der Waals surface area contributed by atoms with Gasteiger partial charge in [-0.15, -0.1) is 11.6 Å². The normalized spacial score (nSPS) is 11.1. The quantitative estimate of drug-likeness (QED) is 0.730. The number of alkyl halides is 1. The lowest BCUT2D eigenvalue weighted by atomic mass is 10.1. The smallest absolute Gasteiger partial charge is 0.0841 e. The molecule has 1 aromatic heterocycles. The van der Waals surface area contributed by atoms with Gasteiger partial charge in [0.05, 0.1) is 11.2 Å². The predicted octanol–water partition coefficient (Wildman–Crippen LogP) is 3.60. The van der Waals surface area contributed by atoms with Crippen molar-refractivity contribution in [3.8, 4) is 0 Å². The average molecular weight is 300 g/mol. The molecule has 0 aliphatic heterocycles. The molecule has 3 aromatic rings. The molecule has 0 aliphatic carbocycles. The van der Waals surface area contributed by atoms with Gasteiger partial charge in [-0.25, -0.2) is 0 Å². The average Bonchev–Trinajstić information content (AvgIpc) is 2.85. The Balaban J connectivity index is 1.66. The molecular formula is C17H18ClN3. The second-order valence-electron chi connectivity index (χ2n) is 5.14. The zero-order valence-corrected chi connectivity index (χ0v) is 12.8. The van der Waals surface area contributed by atoms with Crippen LogP contribution in [-0.4, -0.2) is 9.78 Å². The van der Waals surface area contributed by atoms with Gasteiger partial charge < -0.3 is 5.32 Å². The van der Waals surface area contributed by atoms with Gasteiger partial charge in [-0.05, 0) is 17.2 Å². The van der Waals surface area contributed by atoms with Crippen molar-refractivity contribution < 1.29 is 0 Å². The van der Waals surface area contributed by atoms with Gasteiger partial charge in [0.15, 0.2) is 0 Å². The fraction of sp³-hybridized carbons (Fsp3) is 0.235. The number of aromatic nitrogens is 2. The second kappa shape index (κ2) is 6.29. The Labute approximate surface area is 129 Å². The van der Waals surface area contributed by atoms with E-state index in [4.69, 9.17) is 11.6 Å². The Hall–Kier alpha value is -1.84. The summed E-state index contributed by atoms with van der Waals surface area (Å²) in [6.07, 6.45) is 0. The van der Waals surface area contributed by atoms with Crippen molar-refractivity contribution in [1.29, 1.82) is 0 Å². The highest BCUT2D eigenvalue weighted by Gasteiger charge is 2.06. The molecular weight excluding hydrogens is 282 g/mol. The van der Waals surface area contributed by atoms with Crippen LogP contribution in [0.2, 0.25) is 0 Å². The molecule has 1 N–H and O–H groups in total. The van der Waals surface area contributed by atoms with Crippen LogP contribution in [0.25, 0.3) is 10.9 Å². The van der Waals surface area contributed by atoms with Crippen LogP contribution in [0.15, 0.2) is 48.5 Å². The van der Waals surface area contributed by atoms with Crippen LogP contribution in [0.1, 0.15) is 16.8 Å². The van der Waals surface area contributed by atoms with Gasteiger partial charge in [-0.1, -0.05) is 42.5 Å². The number of hydrogen-bond acceptors (Lipinski definition) is 2. The molecule has 2 aromatic carbocycles. The van der Waals surface area contributed by atoms with E-state index >= 15 is 0 Å². The zero-order chi connectivity index (χ0) is 14.7. The molecule has 4 heteroatoms. The van der Waals surface area contributed by atoms with Crippen LogP contribution in [0.5, 0.6) is 0 Å². The number of hydrogen-bond donors (Lipinski definition) is 1. The number of para-hydroxylation sites is 1. The van der Waals surface area contributed by atoms with E-state index in [1.54, 1.807) is 0 Å². The first kappa shape index (κ1) is 14.1. The van der Waals surface area contributed by atoms with Crippen molar-refractivity contribution in [2.45, 2.75) is 19.0 Å². The zero-order valence-electron chi connectivity index (χ0n) is 12.0. The maximum Gasteiger partial charge on any atom is 0.0841 e. The minimum absolute atomic E-state index is 0.563. The summed E-state index contributed by atoms with van der Waals surface area (Å²) in [6, 6.07) is 16.7. The molecule has 3 nitrogen and oxygen atoms in total. The number of aryl methyl sites for hydroxylation is 1. The largest absolute Gasteiger partial charge is 0.307 e. The van der Waals surface area contributed by atoms with Crippen LogP contribution >= 0.6 is 11.6 Å². The van der Waals surface area contributed by atoms with E-state index in [0.29, 0.717) is 5.88 Å². The second-order valence-corrected chi connectivity index (χ2v) is 5.41. The van der Waals surface area contributed by atoms with Gasteiger partial charge in [0.1, 0.15) is 0 Å².